The van der Waals surface area contributed by atoms with Gasteiger partial charge in [0, 0.05) is 24.7 Å². The highest BCUT2D eigenvalue weighted by molar-refractivity contribution is 5.94. The van der Waals surface area contributed by atoms with Gasteiger partial charge in [0.05, 0.1) is 30.7 Å². The second-order valence-corrected chi connectivity index (χ2v) is 16.1. The van der Waals surface area contributed by atoms with E-state index in [2.05, 4.69) is 33.6 Å². The molecule has 8 nitrogen and oxygen atoms in total. The Labute approximate surface area is 291 Å². The molecular weight excluding hydrogens is 610 g/mol. The van der Waals surface area contributed by atoms with Crippen LogP contribution in [0.4, 0.5) is 0 Å². The van der Waals surface area contributed by atoms with Gasteiger partial charge in [0.25, 0.3) is 5.91 Å². The fourth-order valence-electron chi connectivity index (χ4n) is 10.1. The van der Waals surface area contributed by atoms with Gasteiger partial charge in [-0.3, -0.25) is 9.69 Å². The highest BCUT2D eigenvalue weighted by Gasteiger charge is 2.51. The van der Waals surface area contributed by atoms with E-state index in [1.165, 1.54) is 51.5 Å². The zero-order valence-corrected chi connectivity index (χ0v) is 29.7. The summed E-state index contributed by atoms with van der Waals surface area (Å²) in [4.78, 5) is 27.4. The van der Waals surface area contributed by atoms with Crippen LogP contribution in [0.15, 0.2) is 57.6 Å². The number of fused-ring (bicyclic) bond motifs is 1. The largest absolute Gasteiger partial charge is 0.467 e. The number of aromatic nitrogens is 3. The van der Waals surface area contributed by atoms with Gasteiger partial charge in [-0.2, -0.15) is 0 Å². The molecule has 6 aliphatic rings. The molecule has 0 saturated heterocycles. The van der Waals surface area contributed by atoms with E-state index in [0.29, 0.717) is 23.7 Å². The van der Waals surface area contributed by atoms with E-state index in [1.807, 2.05) is 49.1 Å². The van der Waals surface area contributed by atoms with Crippen molar-refractivity contribution in [1.82, 2.24) is 24.3 Å². The van der Waals surface area contributed by atoms with Crippen molar-refractivity contribution < 1.29 is 13.6 Å². The number of carbonyl (C=O) groups excluding carboxylic acids is 1. The summed E-state index contributed by atoms with van der Waals surface area (Å²) in [6.07, 6.45) is 17.2. The van der Waals surface area contributed by atoms with Crippen molar-refractivity contribution in [3.63, 3.8) is 0 Å². The number of carbonyl (C=O) groups is 1. The Balaban J connectivity index is 0.000000148. The molecule has 5 aliphatic carbocycles. The Morgan fingerprint density at radius 2 is 1.65 bits per heavy atom. The van der Waals surface area contributed by atoms with Crippen LogP contribution in [0.5, 0.6) is 0 Å². The lowest BCUT2D eigenvalue weighted by Crippen LogP contribution is -2.50. The van der Waals surface area contributed by atoms with Crippen LogP contribution in [0.1, 0.15) is 110 Å². The molecule has 0 N–H and O–H groups in total. The van der Waals surface area contributed by atoms with Crippen LogP contribution < -0.4 is 0 Å². The molecule has 49 heavy (non-hydrogen) atoms. The normalized spacial score (nSPS) is 25.5. The number of oxazole rings is 1. The maximum Gasteiger partial charge on any atom is 0.275 e. The predicted octanol–water partition coefficient (Wildman–Crippen LogP) is 8.61. The molecule has 3 aromatic heterocycles. The number of benzene rings is 1. The van der Waals surface area contributed by atoms with E-state index in [1.54, 1.807) is 6.26 Å². The lowest BCUT2D eigenvalue weighted by molar-refractivity contribution is -0.0676. The molecule has 0 atom stereocenters. The smallest absolute Gasteiger partial charge is 0.275 e. The first kappa shape index (κ1) is 32.5. The zero-order valence-electron chi connectivity index (χ0n) is 29.7. The second-order valence-electron chi connectivity index (χ2n) is 16.1. The van der Waals surface area contributed by atoms with E-state index >= 15 is 0 Å². The first-order chi connectivity index (χ1) is 23.8. The number of furan rings is 1. The SMILES string of the molecule is Cc1nc(CN(C)CC23CC4CC(CC(C4)C2)C3)oc1C.O=C(c1nc(-c2ccccc2)n2c1CCCCC2)N(Cc1ccco1)C1CC1. The second kappa shape index (κ2) is 13.6. The molecular formula is C41H53N5O3. The van der Waals surface area contributed by atoms with Crippen LogP contribution in [0, 0.1) is 37.0 Å². The summed E-state index contributed by atoms with van der Waals surface area (Å²) in [6.45, 7) is 7.57. The maximum absolute atomic E-state index is 13.6. The van der Waals surface area contributed by atoms with Crippen LogP contribution in [0.2, 0.25) is 0 Å². The molecule has 0 radical (unpaired) electrons. The standard InChI is InChI=1S/C23H25N3O2.C18H28N2O/c27-23(26(18-12-13-18)16-19-10-7-15-28-19)21-20-11-5-2-6-14-25(20)22(24-21)17-8-3-1-4-9-17;1-12-13(2)21-17(19-12)10-20(3)11-18-7-14-4-15(8-18)6-16(5-14)9-18/h1,3-4,7-10,15,18H,2,5-6,11-14,16H2;14-16H,4-11H2,1-3H3. The third-order valence-corrected chi connectivity index (χ3v) is 12.0. The molecule has 1 aliphatic heterocycles. The Hall–Kier alpha value is -3.65. The molecule has 4 bridgehead atoms. The molecule has 5 saturated carbocycles. The zero-order chi connectivity index (χ0) is 33.5. The average molecular weight is 664 g/mol. The minimum Gasteiger partial charge on any atom is -0.467 e. The molecule has 0 unspecified atom stereocenters. The molecule has 5 fully saturated rings. The van der Waals surface area contributed by atoms with Crippen molar-refractivity contribution in [1.29, 1.82) is 0 Å². The molecule has 4 aromatic rings. The van der Waals surface area contributed by atoms with E-state index in [4.69, 9.17) is 13.8 Å². The van der Waals surface area contributed by atoms with Gasteiger partial charge in [-0.05, 0) is 127 Å². The lowest BCUT2D eigenvalue weighted by Gasteiger charge is -2.57. The Kier molecular flexibility index (Phi) is 9.02. The fraction of sp³-hybridized carbons (Fsp3) is 0.585. The number of nitrogens with zero attached hydrogens (tertiary/aromatic N) is 5. The van der Waals surface area contributed by atoms with Gasteiger partial charge in [0.1, 0.15) is 23.0 Å². The molecule has 1 aromatic carbocycles. The van der Waals surface area contributed by atoms with Crippen LogP contribution >= 0.6 is 0 Å². The molecule has 0 spiro atoms. The quantitative estimate of drug-likeness (QED) is 0.178. The molecule has 8 heteroatoms. The van der Waals surface area contributed by atoms with E-state index in [9.17, 15) is 4.79 Å². The van der Waals surface area contributed by atoms with Gasteiger partial charge >= 0.3 is 0 Å². The first-order valence-electron chi connectivity index (χ1n) is 18.9. The highest BCUT2D eigenvalue weighted by atomic mass is 16.4. The van der Waals surface area contributed by atoms with Crippen molar-refractivity contribution in [2.75, 3.05) is 13.6 Å². The molecule has 1 amide bonds. The van der Waals surface area contributed by atoms with Crippen LogP contribution in [-0.4, -0.2) is 49.9 Å². The summed E-state index contributed by atoms with van der Waals surface area (Å²) in [5.41, 5.74) is 4.47. The first-order valence-corrected chi connectivity index (χ1v) is 18.9. The average Bonchev–Trinajstić information content (AvgIpc) is 3.63. The number of hydrogen-bond donors (Lipinski definition) is 0. The van der Waals surface area contributed by atoms with Gasteiger partial charge in [-0.1, -0.05) is 36.8 Å². The maximum atomic E-state index is 13.6. The van der Waals surface area contributed by atoms with Gasteiger partial charge in [0.2, 0.25) is 5.89 Å². The van der Waals surface area contributed by atoms with Gasteiger partial charge < -0.3 is 18.3 Å². The van der Waals surface area contributed by atoms with Crippen LogP contribution in [0.25, 0.3) is 11.4 Å². The van der Waals surface area contributed by atoms with Gasteiger partial charge in [0.15, 0.2) is 0 Å². The summed E-state index contributed by atoms with van der Waals surface area (Å²) in [5.74, 6) is 6.77. The summed E-state index contributed by atoms with van der Waals surface area (Å²) in [5, 5.41) is 0. The topological polar surface area (TPSA) is 80.5 Å². The van der Waals surface area contributed by atoms with Crippen molar-refractivity contribution >= 4 is 5.91 Å². The minimum atomic E-state index is 0.0479. The van der Waals surface area contributed by atoms with E-state index < -0.39 is 0 Å². The van der Waals surface area contributed by atoms with Gasteiger partial charge in [-0.15, -0.1) is 0 Å². The molecule has 10 rings (SSSR count). The predicted molar refractivity (Wildman–Crippen MR) is 190 cm³/mol. The Bertz CT molecular complexity index is 1680. The van der Waals surface area contributed by atoms with E-state index in [0.717, 1.165) is 103 Å². The lowest BCUT2D eigenvalue weighted by atomic mass is 9.49. The number of hydrogen-bond acceptors (Lipinski definition) is 6. The number of amides is 1. The Morgan fingerprint density at radius 3 is 2.29 bits per heavy atom. The third-order valence-electron chi connectivity index (χ3n) is 12.0. The number of aryl methyl sites for hydroxylation is 2. The number of rotatable bonds is 9. The summed E-state index contributed by atoms with van der Waals surface area (Å²) in [7, 11) is 2.24. The minimum absolute atomic E-state index is 0.0479. The Morgan fingerprint density at radius 1 is 0.918 bits per heavy atom. The molecule has 260 valence electrons. The summed E-state index contributed by atoms with van der Waals surface area (Å²) < 4.78 is 13.6. The van der Waals surface area contributed by atoms with Crippen LogP contribution in [0.3, 0.4) is 0 Å². The van der Waals surface area contributed by atoms with Crippen LogP contribution in [-0.2, 0) is 26.1 Å². The van der Waals surface area contributed by atoms with Crippen molar-refractivity contribution in [3.05, 3.63) is 83.2 Å². The monoisotopic (exact) mass is 663 g/mol. The van der Waals surface area contributed by atoms with E-state index in [-0.39, 0.29) is 5.91 Å². The summed E-state index contributed by atoms with van der Waals surface area (Å²) >= 11 is 0. The number of imidazole rings is 1. The molecule has 4 heterocycles. The van der Waals surface area contributed by atoms with Crippen molar-refractivity contribution in [3.8, 4) is 11.4 Å². The van der Waals surface area contributed by atoms with Gasteiger partial charge in [-0.25, -0.2) is 9.97 Å². The summed E-state index contributed by atoms with van der Waals surface area (Å²) in [6, 6.07) is 14.4. The van der Waals surface area contributed by atoms with Crippen molar-refractivity contribution in [2.24, 2.45) is 23.2 Å². The van der Waals surface area contributed by atoms with Crippen molar-refractivity contribution in [2.45, 2.75) is 117 Å². The third kappa shape index (κ3) is 7.03. The fourth-order valence-corrected chi connectivity index (χ4v) is 10.1. The highest BCUT2D eigenvalue weighted by Crippen LogP contribution is 2.60.